The highest BCUT2D eigenvalue weighted by atomic mass is 16.3. The summed E-state index contributed by atoms with van der Waals surface area (Å²) in [6.07, 6.45) is 0. The van der Waals surface area contributed by atoms with Crippen LogP contribution in [0.3, 0.4) is 0 Å². The maximum Gasteiger partial charge on any atom is 0.271 e. The average molecular weight is 304 g/mol. The molecule has 23 heavy (non-hydrogen) atoms. The van der Waals surface area contributed by atoms with Gasteiger partial charge in [0.2, 0.25) is 0 Å². The van der Waals surface area contributed by atoms with Crippen molar-refractivity contribution in [2.45, 2.75) is 6.92 Å². The lowest BCUT2D eigenvalue weighted by Crippen LogP contribution is -2.19. The molecule has 3 aromatic rings. The molecule has 0 saturated carbocycles. The van der Waals surface area contributed by atoms with E-state index < -0.39 is 0 Å². The Balaban J connectivity index is 1.78. The number of hydrogen-bond acceptors (Lipinski definition) is 3. The zero-order valence-corrected chi connectivity index (χ0v) is 12.7. The van der Waals surface area contributed by atoms with Gasteiger partial charge in [-0.1, -0.05) is 36.4 Å². The Hall–Kier alpha value is -3.14. The second-order valence-corrected chi connectivity index (χ2v) is 5.25. The summed E-state index contributed by atoms with van der Waals surface area (Å²) in [6, 6.07) is 20.2. The van der Waals surface area contributed by atoms with Gasteiger partial charge in [0.25, 0.3) is 5.91 Å². The van der Waals surface area contributed by atoms with Crippen LogP contribution in [0.5, 0.6) is 5.75 Å². The minimum absolute atomic E-state index is 0.123. The Kier molecular flexibility index (Phi) is 4.06. The van der Waals surface area contributed by atoms with E-state index in [1.165, 1.54) is 12.1 Å². The molecule has 0 unspecified atom stereocenters. The fourth-order valence-corrected chi connectivity index (χ4v) is 2.29. The quantitative estimate of drug-likeness (QED) is 0.572. The first-order valence-electron chi connectivity index (χ1n) is 7.26. The second-order valence-electron chi connectivity index (χ2n) is 5.25. The maximum absolute atomic E-state index is 12.0. The number of hydrazone groups is 1. The Morgan fingerprint density at radius 2 is 1.57 bits per heavy atom. The summed E-state index contributed by atoms with van der Waals surface area (Å²) < 4.78 is 0. The molecule has 0 saturated heterocycles. The van der Waals surface area contributed by atoms with Crippen molar-refractivity contribution in [3.05, 3.63) is 77.9 Å². The molecular formula is C19H16N2O2. The fourth-order valence-electron chi connectivity index (χ4n) is 2.29. The van der Waals surface area contributed by atoms with Gasteiger partial charge in [0.05, 0.1) is 5.71 Å². The smallest absolute Gasteiger partial charge is 0.271 e. The standard InChI is InChI=1S/C19H16N2O2/c1-13(16-7-6-14-4-2-3-5-17(14)12-16)20-21-19(23)15-8-10-18(22)11-9-15/h2-12,22H,1H3,(H,21,23)/b20-13+. The van der Waals surface area contributed by atoms with Crippen molar-refractivity contribution in [2.75, 3.05) is 0 Å². The summed E-state index contributed by atoms with van der Waals surface area (Å²) >= 11 is 0. The number of rotatable bonds is 3. The van der Waals surface area contributed by atoms with Crippen molar-refractivity contribution in [2.24, 2.45) is 5.10 Å². The Bertz CT molecular complexity index is 883. The Morgan fingerprint density at radius 1 is 0.913 bits per heavy atom. The lowest BCUT2D eigenvalue weighted by molar-refractivity contribution is 0.0955. The Labute approximate surface area is 134 Å². The first-order valence-corrected chi connectivity index (χ1v) is 7.26. The van der Waals surface area contributed by atoms with Crippen LogP contribution in [0.25, 0.3) is 10.8 Å². The lowest BCUT2D eigenvalue weighted by Gasteiger charge is -2.05. The highest BCUT2D eigenvalue weighted by molar-refractivity contribution is 6.03. The zero-order valence-electron chi connectivity index (χ0n) is 12.7. The minimum atomic E-state index is -0.315. The fraction of sp³-hybridized carbons (Fsp3) is 0.0526. The van der Waals surface area contributed by atoms with Crippen LogP contribution in [0.1, 0.15) is 22.8 Å². The molecule has 0 radical (unpaired) electrons. The number of phenolic OH excluding ortho intramolecular Hbond substituents is 1. The number of carbonyl (C=O) groups is 1. The van der Waals surface area contributed by atoms with Gasteiger partial charge >= 0.3 is 0 Å². The van der Waals surface area contributed by atoms with Crippen molar-refractivity contribution < 1.29 is 9.90 Å². The highest BCUT2D eigenvalue weighted by Crippen LogP contribution is 2.16. The topological polar surface area (TPSA) is 61.7 Å². The molecule has 0 aliphatic carbocycles. The molecule has 4 nitrogen and oxygen atoms in total. The molecule has 0 atom stereocenters. The van der Waals surface area contributed by atoms with Crippen LogP contribution in [-0.2, 0) is 0 Å². The number of phenols is 1. The van der Waals surface area contributed by atoms with E-state index in [4.69, 9.17) is 0 Å². The SMILES string of the molecule is C/C(=N\NC(=O)c1ccc(O)cc1)c1ccc2ccccc2c1. The number of fused-ring (bicyclic) bond motifs is 1. The number of carbonyl (C=O) groups excluding carboxylic acids is 1. The van der Waals surface area contributed by atoms with E-state index in [0.29, 0.717) is 5.56 Å². The molecule has 0 aliphatic rings. The summed E-state index contributed by atoms with van der Waals surface area (Å²) in [5.41, 5.74) is 4.65. The number of amides is 1. The molecule has 0 aromatic heterocycles. The molecular weight excluding hydrogens is 288 g/mol. The largest absolute Gasteiger partial charge is 0.508 e. The van der Waals surface area contributed by atoms with Crippen molar-refractivity contribution >= 4 is 22.4 Å². The van der Waals surface area contributed by atoms with Crippen LogP contribution in [0.4, 0.5) is 0 Å². The van der Waals surface area contributed by atoms with E-state index in [0.717, 1.165) is 22.0 Å². The molecule has 3 rings (SSSR count). The average Bonchev–Trinajstić information content (AvgIpc) is 2.59. The van der Waals surface area contributed by atoms with Crippen molar-refractivity contribution in [1.82, 2.24) is 5.43 Å². The zero-order chi connectivity index (χ0) is 16.2. The van der Waals surface area contributed by atoms with Gasteiger partial charge in [0.1, 0.15) is 5.75 Å². The highest BCUT2D eigenvalue weighted by Gasteiger charge is 2.05. The molecule has 0 spiro atoms. The molecule has 3 aromatic carbocycles. The van der Waals surface area contributed by atoms with E-state index in [9.17, 15) is 9.90 Å². The first-order chi connectivity index (χ1) is 11.1. The molecule has 0 bridgehead atoms. The summed E-state index contributed by atoms with van der Waals surface area (Å²) in [6.45, 7) is 1.85. The molecule has 0 fully saturated rings. The lowest BCUT2D eigenvalue weighted by atomic mass is 10.0. The molecule has 1 amide bonds. The summed E-state index contributed by atoms with van der Waals surface area (Å²) in [4.78, 5) is 12.0. The molecule has 2 N–H and O–H groups in total. The van der Waals surface area contributed by atoms with Crippen LogP contribution in [0.15, 0.2) is 71.8 Å². The van der Waals surface area contributed by atoms with Crippen molar-refractivity contribution in [3.63, 3.8) is 0 Å². The number of aromatic hydroxyl groups is 1. The third kappa shape index (κ3) is 3.37. The predicted octanol–water partition coefficient (Wildman–Crippen LogP) is 3.70. The minimum Gasteiger partial charge on any atom is -0.508 e. The van der Waals surface area contributed by atoms with Gasteiger partial charge in [-0.05, 0) is 53.6 Å². The maximum atomic E-state index is 12.0. The van der Waals surface area contributed by atoms with Gasteiger partial charge in [0.15, 0.2) is 0 Å². The number of hydrogen-bond donors (Lipinski definition) is 2. The van der Waals surface area contributed by atoms with Crippen LogP contribution >= 0.6 is 0 Å². The monoisotopic (exact) mass is 304 g/mol. The third-order valence-electron chi connectivity index (χ3n) is 3.62. The van der Waals surface area contributed by atoms with Gasteiger partial charge in [-0.3, -0.25) is 4.79 Å². The van der Waals surface area contributed by atoms with E-state index >= 15 is 0 Å². The van der Waals surface area contributed by atoms with E-state index in [1.54, 1.807) is 12.1 Å². The van der Waals surface area contributed by atoms with E-state index in [2.05, 4.69) is 16.6 Å². The number of nitrogens with one attached hydrogen (secondary N) is 1. The van der Waals surface area contributed by atoms with Gasteiger partial charge in [-0.25, -0.2) is 5.43 Å². The van der Waals surface area contributed by atoms with E-state index in [1.807, 2.05) is 43.3 Å². The molecule has 0 aliphatic heterocycles. The Morgan fingerprint density at radius 3 is 2.30 bits per heavy atom. The number of nitrogens with zero attached hydrogens (tertiary/aromatic N) is 1. The number of benzene rings is 3. The van der Waals surface area contributed by atoms with Gasteiger partial charge in [-0.2, -0.15) is 5.10 Å². The van der Waals surface area contributed by atoms with Crippen LogP contribution in [-0.4, -0.2) is 16.7 Å². The predicted molar refractivity (Wildman–Crippen MR) is 91.7 cm³/mol. The molecule has 114 valence electrons. The van der Waals surface area contributed by atoms with Crippen molar-refractivity contribution in [3.8, 4) is 5.75 Å². The summed E-state index contributed by atoms with van der Waals surface area (Å²) in [7, 11) is 0. The van der Waals surface area contributed by atoms with Gasteiger partial charge in [-0.15, -0.1) is 0 Å². The van der Waals surface area contributed by atoms with Crippen LogP contribution in [0, 0.1) is 0 Å². The van der Waals surface area contributed by atoms with Crippen LogP contribution in [0.2, 0.25) is 0 Å². The van der Waals surface area contributed by atoms with Gasteiger partial charge < -0.3 is 5.11 Å². The summed E-state index contributed by atoms with van der Waals surface area (Å²) in [5, 5.41) is 15.7. The van der Waals surface area contributed by atoms with Crippen LogP contribution < -0.4 is 5.43 Å². The normalized spacial score (nSPS) is 11.4. The first kappa shape index (κ1) is 14.8. The van der Waals surface area contributed by atoms with Gasteiger partial charge in [0, 0.05) is 5.56 Å². The summed E-state index contributed by atoms with van der Waals surface area (Å²) in [5.74, 6) is -0.192. The van der Waals surface area contributed by atoms with Crippen molar-refractivity contribution in [1.29, 1.82) is 0 Å². The molecule has 0 heterocycles. The molecule has 4 heteroatoms. The second kappa shape index (κ2) is 6.32. The third-order valence-corrected chi connectivity index (χ3v) is 3.62. The van der Waals surface area contributed by atoms with E-state index in [-0.39, 0.29) is 11.7 Å².